The maximum atomic E-state index is 11.7. The van der Waals surface area contributed by atoms with E-state index in [0.717, 1.165) is 24.8 Å². The number of amides is 1. The SMILES string of the molecule is NCc1ccc(C(=O)NCCCCCO)cc1. The molecule has 4 nitrogen and oxygen atoms in total. The van der Waals surface area contributed by atoms with E-state index < -0.39 is 0 Å². The van der Waals surface area contributed by atoms with Gasteiger partial charge in [0.2, 0.25) is 0 Å². The summed E-state index contributed by atoms with van der Waals surface area (Å²) in [6.07, 6.45) is 2.62. The number of hydrogen-bond donors (Lipinski definition) is 3. The van der Waals surface area contributed by atoms with Crippen LogP contribution in [0.1, 0.15) is 35.2 Å². The number of unbranched alkanes of at least 4 members (excludes halogenated alkanes) is 2. The molecule has 1 aromatic carbocycles. The van der Waals surface area contributed by atoms with Gasteiger partial charge in [0.1, 0.15) is 0 Å². The molecule has 0 radical (unpaired) electrons. The quantitative estimate of drug-likeness (QED) is 0.619. The molecule has 0 bridgehead atoms. The Kier molecular flexibility index (Phi) is 6.29. The van der Waals surface area contributed by atoms with Crippen LogP contribution in [0, 0.1) is 0 Å². The minimum absolute atomic E-state index is 0.0578. The molecule has 0 atom stereocenters. The molecule has 17 heavy (non-hydrogen) atoms. The van der Waals surface area contributed by atoms with Gasteiger partial charge in [-0.3, -0.25) is 4.79 Å². The van der Waals surface area contributed by atoms with Gasteiger partial charge in [-0.15, -0.1) is 0 Å². The third-order valence-electron chi connectivity index (χ3n) is 2.57. The third-order valence-corrected chi connectivity index (χ3v) is 2.57. The molecule has 0 aliphatic rings. The van der Waals surface area contributed by atoms with Crippen LogP contribution in [0.4, 0.5) is 0 Å². The lowest BCUT2D eigenvalue weighted by Crippen LogP contribution is -2.24. The van der Waals surface area contributed by atoms with E-state index in [1.807, 2.05) is 12.1 Å². The Morgan fingerprint density at radius 2 is 1.88 bits per heavy atom. The second-order valence-electron chi connectivity index (χ2n) is 3.94. The third kappa shape index (κ3) is 4.97. The molecule has 1 rings (SSSR count). The van der Waals surface area contributed by atoms with Gasteiger partial charge in [-0.2, -0.15) is 0 Å². The first-order valence-electron chi connectivity index (χ1n) is 5.96. The van der Waals surface area contributed by atoms with Crippen molar-refractivity contribution in [3.05, 3.63) is 35.4 Å². The first-order chi connectivity index (χ1) is 8.27. The minimum atomic E-state index is -0.0578. The average molecular weight is 236 g/mol. The molecular formula is C13H20N2O2. The number of carbonyl (C=O) groups is 1. The molecule has 1 amide bonds. The molecule has 1 aromatic rings. The highest BCUT2D eigenvalue weighted by atomic mass is 16.2. The monoisotopic (exact) mass is 236 g/mol. The summed E-state index contributed by atoms with van der Waals surface area (Å²) >= 11 is 0. The number of rotatable bonds is 7. The summed E-state index contributed by atoms with van der Waals surface area (Å²) in [5.41, 5.74) is 7.16. The second-order valence-corrected chi connectivity index (χ2v) is 3.94. The predicted octanol–water partition coefficient (Wildman–Crippen LogP) is 1.04. The lowest BCUT2D eigenvalue weighted by molar-refractivity contribution is 0.0953. The van der Waals surface area contributed by atoms with Crippen LogP contribution >= 0.6 is 0 Å². The summed E-state index contributed by atoms with van der Waals surface area (Å²) in [5, 5.41) is 11.4. The van der Waals surface area contributed by atoms with Crippen LogP contribution in [-0.2, 0) is 6.54 Å². The Balaban J connectivity index is 2.31. The standard InChI is InChI=1S/C13H20N2O2/c14-10-11-4-6-12(7-5-11)13(17)15-8-2-1-3-9-16/h4-7,16H,1-3,8-10,14H2,(H,15,17). The molecule has 0 unspecified atom stereocenters. The highest BCUT2D eigenvalue weighted by molar-refractivity contribution is 5.94. The number of benzene rings is 1. The van der Waals surface area contributed by atoms with E-state index in [0.29, 0.717) is 18.7 Å². The van der Waals surface area contributed by atoms with E-state index in [2.05, 4.69) is 5.32 Å². The summed E-state index contributed by atoms with van der Waals surface area (Å²) in [6.45, 7) is 1.36. The normalized spacial score (nSPS) is 10.2. The lowest BCUT2D eigenvalue weighted by atomic mass is 10.1. The predicted molar refractivity (Wildman–Crippen MR) is 67.6 cm³/mol. The number of hydrogen-bond acceptors (Lipinski definition) is 3. The van der Waals surface area contributed by atoms with Crippen molar-refractivity contribution in [3.63, 3.8) is 0 Å². The molecule has 4 heteroatoms. The molecule has 0 aliphatic heterocycles. The Morgan fingerprint density at radius 3 is 2.47 bits per heavy atom. The van der Waals surface area contributed by atoms with Gasteiger partial charge < -0.3 is 16.2 Å². The average Bonchev–Trinajstić information content (AvgIpc) is 2.38. The fourth-order valence-electron chi connectivity index (χ4n) is 1.51. The van der Waals surface area contributed by atoms with Gasteiger partial charge in [-0.25, -0.2) is 0 Å². The molecule has 0 heterocycles. The number of nitrogens with two attached hydrogens (primary N) is 1. The Bertz CT molecular complexity index is 336. The van der Waals surface area contributed by atoms with Gasteiger partial charge in [0.25, 0.3) is 5.91 Å². The molecule has 0 spiro atoms. The van der Waals surface area contributed by atoms with Crippen LogP contribution in [0.3, 0.4) is 0 Å². The van der Waals surface area contributed by atoms with Crippen molar-refractivity contribution in [1.82, 2.24) is 5.32 Å². The van der Waals surface area contributed by atoms with Crippen molar-refractivity contribution in [2.45, 2.75) is 25.8 Å². The van der Waals surface area contributed by atoms with Crippen LogP contribution in [0.2, 0.25) is 0 Å². The fraction of sp³-hybridized carbons (Fsp3) is 0.462. The van der Waals surface area contributed by atoms with Gasteiger partial charge >= 0.3 is 0 Å². The molecule has 0 aromatic heterocycles. The zero-order valence-corrected chi connectivity index (χ0v) is 9.98. The van der Waals surface area contributed by atoms with Crippen LogP contribution in [0.25, 0.3) is 0 Å². The molecule has 0 aliphatic carbocycles. The molecular weight excluding hydrogens is 216 g/mol. The van der Waals surface area contributed by atoms with Crippen LogP contribution in [0.5, 0.6) is 0 Å². The van der Waals surface area contributed by atoms with Crippen molar-refractivity contribution in [1.29, 1.82) is 0 Å². The number of aliphatic hydroxyl groups excluding tert-OH is 1. The van der Waals surface area contributed by atoms with Crippen molar-refractivity contribution in [2.75, 3.05) is 13.2 Å². The zero-order valence-electron chi connectivity index (χ0n) is 9.98. The molecule has 0 saturated heterocycles. The largest absolute Gasteiger partial charge is 0.396 e. The Morgan fingerprint density at radius 1 is 1.18 bits per heavy atom. The summed E-state index contributed by atoms with van der Waals surface area (Å²) < 4.78 is 0. The van der Waals surface area contributed by atoms with Crippen molar-refractivity contribution < 1.29 is 9.90 Å². The van der Waals surface area contributed by atoms with Gasteiger partial charge in [-0.1, -0.05) is 12.1 Å². The molecule has 0 saturated carbocycles. The van der Waals surface area contributed by atoms with E-state index in [1.165, 1.54) is 0 Å². The highest BCUT2D eigenvalue weighted by Gasteiger charge is 2.03. The van der Waals surface area contributed by atoms with Gasteiger partial charge in [-0.05, 0) is 37.0 Å². The van der Waals surface area contributed by atoms with Crippen LogP contribution < -0.4 is 11.1 Å². The van der Waals surface area contributed by atoms with Gasteiger partial charge in [0.15, 0.2) is 0 Å². The topological polar surface area (TPSA) is 75.4 Å². The number of aliphatic hydroxyl groups is 1. The van der Waals surface area contributed by atoms with Crippen molar-refractivity contribution >= 4 is 5.91 Å². The van der Waals surface area contributed by atoms with Crippen molar-refractivity contribution in [3.8, 4) is 0 Å². The zero-order chi connectivity index (χ0) is 12.5. The number of nitrogens with one attached hydrogen (secondary N) is 1. The summed E-state index contributed by atoms with van der Waals surface area (Å²) in [7, 11) is 0. The summed E-state index contributed by atoms with van der Waals surface area (Å²) in [5.74, 6) is -0.0578. The first-order valence-corrected chi connectivity index (χ1v) is 5.96. The van der Waals surface area contributed by atoms with Gasteiger partial charge in [0.05, 0.1) is 0 Å². The highest BCUT2D eigenvalue weighted by Crippen LogP contribution is 2.03. The van der Waals surface area contributed by atoms with Crippen LogP contribution in [-0.4, -0.2) is 24.2 Å². The second kappa shape index (κ2) is 7.81. The van der Waals surface area contributed by atoms with E-state index >= 15 is 0 Å². The smallest absolute Gasteiger partial charge is 0.251 e. The Labute approximate surface area is 102 Å². The van der Waals surface area contributed by atoms with Crippen LogP contribution in [0.15, 0.2) is 24.3 Å². The molecule has 0 fully saturated rings. The van der Waals surface area contributed by atoms with E-state index in [9.17, 15) is 4.79 Å². The molecule has 94 valence electrons. The fourth-order valence-corrected chi connectivity index (χ4v) is 1.51. The van der Waals surface area contributed by atoms with E-state index in [1.54, 1.807) is 12.1 Å². The number of carbonyl (C=O) groups excluding carboxylic acids is 1. The maximum Gasteiger partial charge on any atom is 0.251 e. The lowest BCUT2D eigenvalue weighted by Gasteiger charge is -2.05. The maximum absolute atomic E-state index is 11.7. The van der Waals surface area contributed by atoms with E-state index in [-0.39, 0.29) is 12.5 Å². The Hall–Kier alpha value is -1.39. The van der Waals surface area contributed by atoms with E-state index in [4.69, 9.17) is 10.8 Å². The minimum Gasteiger partial charge on any atom is -0.396 e. The summed E-state index contributed by atoms with van der Waals surface area (Å²) in [4.78, 5) is 11.7. The summed E-state index contributed by atoms with van der Waals surface area (Å²) in [6, 6.07) is 7.29. The first kappa shape index (κ1) is 13.7. The molecule has 4 N–H and O–H groups in total. The van der Waals surface area contributed by atoms with Gasteiger partial charge in [0, 0.05) is 25.3 Å². The van der Waals surface area contributed by atoms with Crippen molar-refractivity contribution in [2.24, 2.45) is 5.73 Å².